The number of hydrogen-bond acceptors (Lipinski definition) is 4. The molecular formula is C28H27ClFN3O4. The highest BCUT2D eigenvalue weighted by Crippen LogP contribution is 2.27. The summed E-state index contributed by atoms with van der Waals surface area (Å²) in [5, 5.41) is 3.50. The van der Waals surface area contributed by atoms with Crippen molar-refractivity contribution in [3.05, 3.63) is 69.6 Å². The quantitative estimate of drug-likeness (QED) is 0.486. The molecule has 1 atom stereocenters. The maximum absolute atomic E-state index is 14.8. The first-order valence-electron chi connectivity index (χ1n) is 12.4. The van der Waals surface area contributed by atoms with Crippen LogP contribution in [0.4, 0.5) is 4.39 Å². The van der Waals surface area contributed by atoms with E-state index < -0.39 is 11.9 Å². The fourth-order valence-electron chi connectivity index (χ4n) is 5.36. The average Bonchev–Trinajstić information content (AvgIpc) is 3.49. The van der Waals surface area contributed by atoms with Crippen LogP contribution in [0.25, 0.3) is 10.9 Å². The summed E-state index contributed by atoms with van der Waals surface area (Å²) in [5.74, 6) is -1.54. The fourth-order valence-corrected chi connectivity index (χ4v) is 5.63. The first kappa shape index (κ1) is 25.1. The number of aryl methyl sites for hydroxylation is 1. The van der Waals surface area contributed by atoms with Crippen LogP contribution in [-0.4, -0.2) is 52.0 Å². The zero-order valence-corrected chi connectivity index (χ0v) is 21.2. The minimum Gasteiger partial charge on any atom is -0.352 e. The number of amides is 2. The molecule has 0 spiro atoms. The SMILES string of the molecule is CC(=O)c1cn2c3cc(ccc13)C(=O)NCCCc1cc(Cl)c(F)c(c1)CC(=O)[C@@H]1CCCN1C(=O)C2. The van der Waals surface area contributed by atoms with Gasteiger partial charge in [-0.3, -0.25) is 19.2 Å². The molecule has 0 unspecified atom stereocenters. The highest BCUT2D eigenvalue weighted by atomic mass is 35.5. The van der Waals surface area contributed by atoms with Gasteiger partial charge in [0, 0.05) is 42.2 Å². The number of carbonyl (C=O) groups excluding carboxylic acids is 4. The van der Waals surface area contributed by atoms with Crippen LogP contribution in [0, 0.1) is 5.82 Å². The summed E-state index contributed by atoms with van der Waals surface area (Å²) < 4.78 is 16.5. The lowest BCUT2D eigenvalue weighted by Crippen LogP contribution is -2.42. The molecule has 2 aliphatic rings. The standard InChI is InChI=1S/C28H27ClFN3O4/c1-16(34)21-14-32-15-26(36)33-9-3-5-23(33)25(35)13-19-10-17(11-22(29)27(19)30)4-2-8-31-28(37)18-6-7-20(21)24(32)12-18/h6-7,10-12,14,23H,2-5,8-9,13,15H2,1H3,(H,31,37)/t23-/m0/s1. The van der Waals surface area contributed by atoms with Crippen LogP contribution in [0.2, 0.25) is 5.02 Å². The maximum atomic E-state index is 14.8. The van der Waals surface area contributed by atoms with Gasteiger partial charge in [0.05, 0.1) is 16.6 Å². The molecule has 0 aliphatic carbocycles. The van der Waals surface area contributed by atoms with E-state index in [1.807, 2.05) is 0 Å². The second kappa shape index (κ2) is 10.1. The van der Waals surface area contributed by atoms with E-state index in [2.05, 4.69) is 5.32 Å². The van der Waals surface area contributed by atoms with Crippen molar-refractivity contribution in [2.75, 3.05) is 13.1 Å². The predicted molar refractivity (Wildman–Crippen MR) is 137 cm³/mol. The van der Waals surface area contributed by atoms with Gasteiger partial charge in [-0.15, -0.1) is 0 Å². The van der Waals surface area contributed by atoms with E-state index in [4.69, 9.17) is 11.6 Å². The van der Waals surface area contributed by atoms with Crippen molar-refractivity contribution in [1.29, 1.82) is 0 Å². The van der Waals surface area contributed by atoms with Crippen molar-refractivity contribution in [1.82, 2.24) is 14.8 Å². The molecule has 37 heavy (non-hydrogen) atoms. The molecule has 1 aromatic heterocycles. The fraction of sp³-hybridized carbons (Fsp3) is 0.357. The lowest BCUT2D eigenvalue weighted by Gasteiger charge is -2.24. The monoisotopic (exact) mass is 523 g/mol. The number of carbonyl (C=O) groups is 4. The van der Waals surface area contributed by atoms with Crippen LogP contribution in [0.3, 0.4) is 0 Å². The molecule has 192 valence electrons. The van der Waals surface area contributed by atoms with E-state index in [0.29, 0.717) is 60.8 Å². The topological polar surface area (TPSA) is 88.5 Å². The Balaban J connectivity index is 1.55. The van der Waals surface area contributed by atoms with Crippen LogP contribution in [0.15, 0.2) is 36.5 Å². The van der Waals surface area contributed by atoms with Crippen LogP contribution in [-0.2, 0) is 29.0 Å². The van der Waals surface area contributed by atoms with Crippen molar-refractivity contribution < 1.29 is 23.6 Å². The molecule has 2 aliphatic heterocycles. The van der Waals surface area contributed by atoms with Crippen molar-refractivity contribution >= 4 is 45.9 Å². The molecule has 0 saturated carbocycles. The number of hydrogen-bond donors (Lipinski definition) is 1. The molecule has 7 nitrogen and oxygen atoms in total. The second-order valence-corrected chi connectivity index (χ2v) is 10.2. The number of rotatable bonds is 1. The van der Waals surface area contributed by atoms with Crippen LogP contribution < -0.4 is 5.32 Å². The highest BCUT2D eigenvalue weighted by molar-refractivity contribution is 6.30. The van der Waals surface area contributed by atoms with Gasteiger partial charge >= 0.3 is 0 Å². The molecule has 1 fully saturated rings. The van der Waals surface area contributed by atoms with E-state index in [1.165, 1.54) is 6.92 Å². The number of benzene rings is 2. The van der Waals surface area contributed by atoms with E-state index >= 15 is 0 Å². The molecule has 4 bridgehead atoms. The molecule has 3 heterocycles. The summed E-state index contributed by atoms with van der Waals surface area (Å²) in [5.41, 5.74) is 2.46. The van der Waals surface area contributed by atoms with Crippen molar-refractivity contribution in [3.63, 3.8) is 0 Å². The average molecular weight is 524 g/mol. The summed E-state index contributed by atoms with van der Waals surface area (Å²) in [6.45, 7) is 2.17. The number of halogens is 2. The largest absolute Gasteiger partial charge is 0.352 e. The molecule has 1 saturated heterocycles. The lowest BCUT2D eigenvalue weighted by molar-refractivity contribution is -0.137. The van der Waals surface area contributed by atoms with Gasteiger partial charge in [-0.05, 0) is 61.9 Å². The second-order valence-electron chi connectivity index (χ2n) is 9.76. The molecule has 0 radical (unpaired) electrons. The number of nitrogens with one attached hydrogen (secondary N) is 1. The number of nitrogens with zero attached hydrogens (tertiary/aromatic N) is 2. The summed E-state index contributed by atoms with van der Waals surface area (Å²) in [6, 6.07) is 7.62. The Morgan fingerprint density at radius 2 is 1.95 bits per heavy atom. The van der Waals surface area contributed by atoms with Gasteiger partial charge in [0.15, 0.2) is 11.6 Å². The highest BCUT2D eigenvalue weighted by Gasteiger charge is 2.34. The first-order valence-corrected chi connectivity index (χ1v) is 12.8. The maximum Gasteiger partial charge on any atom is 0.251 e. The normalized spacial score (nSPS) is 19.1. The third-order valence-corrected chi connectivity index (χ3v) is 7.51. The molecule has 2 amide bonds. The molecule has 1 N–H and O–H groups in total. The Bertz CT molecular complexity index is 1450. The predicted octanol–water partition coefficient (Wildman–Crippen LogP) is 4.12. The molecule has 3 aromatic rings. The Labute approximate surface area is 218 Å². The van der Waals surface area contributed by atoms with Crippen molar-refractivity contribution in [2.24, 2.45) is 0 Å². The first-order chi connectivity index (χ1) is 17.7. The number of aromatic nitrogens is 1. The van der Waals surface area contributed by atoms with Gasteiger partial charge < -0.3 is 14.8 Å². The minimum atomic E-state index is -0.649. The van der Waals surface area contributed by atoms with Gasteiger partial charge in [0.25, 0.3) is 5.91 Å². The smallest absolute Gasteiger partial charge is 0.251 e. The Hall–Kier alpha value is -3.52. The summed E-state index contributed by atoms with van der Waals surface area (Å²) in [4.78, 5) is 53.3. The zero-order chi connectivity index (χ0) is 26.3. The summed E-state index contributed by atoms with van der Waals surface area (Å²) in [6.07, 6.45) is 3.78. The van der Waals surface area contributed by atoms with Crippen molar-refractivity contribution in [3.8, 4) is 0 Å². The van der Waals surface area contributed by atoms with E-state index in [9.17, 15) is 23.6 Å². The zero-order valence-electron chi connectivity index (χ0n) is 20.5. The minimum absolute atomic E-state index is 0.0483. The third kappa shape index (κ3) is 4.90. The Kier molecular flexibility index (Phi) is 6.86. The Morgan fingerprint density at radius 3 is 2.73 bits per heavy atom. The molecule has 2 aromatic carbocycles. The molecule has 5 rings (SSSR count). The van der Waals surface area contributed by atoms with Gasteiger partial charge in [-0.2, -0.15) is 0 Å². The Morgan fingerprint density at radius 1 is 1.14 bits per heavy atom. The van der Waals surface area contributed by atoms with E-state index in [1.54, 1.807) is 46.0 Å². The van der Waals surface area contributed by atoms with E-state index in [0.717, 1.165) is 5.56 Å². The van der Waals surface area contributed by atoms with Crippen LogP contribution in [0.1, 0.15) is 58.0 Å². The van der Waals surface area contributed by atoms with Gasteiger partial charge in [-0.25, -0.2) is 4.39 Å². The van der Waals surface area contributed by atoms with Crippen molar-refractivity contribution in [2.45, 2.75) is 51.6 Å². The lowest BCUT2D eigenvalue weighted by atomic mass is 9.98. The summed E-state index contributed by atoms with van der Waals surface area (Å²) >= 11 is 6.13. The van der Waals surface area contributed by atoms with Gasteiger partial charge in [0.2, 0.25) is 5.91 Å². The molecular weight excluding hydrogens is 497 g/mol. The van der Waals surface area contributed by atoms with Crippen LogP contribution in [0.5, 0.6) is 0 Å². The number of fused-ring (bicyclic) bond motifs is 4. The third-order valence-electron chi connectivity index (χ3n) is 7.23. The molecule has 9 heteroatoms. The van der Waals surface area contributed by atoms with Gasteiger partial charge in [0.1, 0.15) is 12.4 Å². The van der Waals surface area contributed by atoms with Crippen LogP contribution >= 0.6 is 11.6 Å². The van der Waals surface area contributed by atoms with E-state index in [-0.39, 0.29) is 46.9 Å². The summed E-state index contributed by atoms with van der Waals surface area (Å²) in [7, 11) is 0. The number of ketones is 2. The van der Waals surface area contributed by atoms with Gasteiger partial charge in [-0.1, -0.05) is 23.7 Å². The number of Topliss-reactive ketones (excluding diaryl/α,β-unsaturated/α-hetero) is 2.